The van der Waals surface area contributed by atoms with Gasteiger partial charge in [0.1, 0.15) is 0 Å². The number of anilines is 1. The summed E-state index contributed by atoms with van der Waals surface area (Å²) < 4.78 is 27.9. The molecule has 9 heteroatoms. The maximum absolute atomic E-state index is 11.9. The van der Waals surface area contributed by atoms with Gasteiger partial charge in [-0.15, -0.1) is 0 Å². The molecule has 1 aromatic rings. The van der Waals surface area contributed by atoms with Gasteiger partial charge in [0.15, 0.2) is 16.4 Å². The summed E-state index contributed by atoms with van der Waals surface area (Å²) in [6.45, 7) is 1.13. The summed E-state index contributed by atoms with van der Waals surface area (Å²) in [7, 11) is -3.14. The fourth-order valence-corrected chi connectivity index (χ4v) is 4.68. The van der Waals surface area contributed by atoms with Gasteiger partial charge in [-0.25, -0.2) is 13.2 Å². The lowest BCUT2D eigenvalue weighted by molar-refractivity contribution is -0.125. The first-order valence-corrected chi connectivity index (χ1v) is 9.04. The van der Waals surface area contributed by atoms with Crippen LogP contribution >= 0.6 is 11.6 Å². The highest BCUT2D eigenvalue weighted by Crippen LogP contribution is 2.23. The summed E-state index contributed by atoms with van der Waals surface area (Å²) >= 11 is 5.74. The fraction of sp³-hybridized carbons (Fsp3) is 0.429. The molecule has 0 aliphatic carbocycles. The van der Waals surface area contributed by atoms with E-state index in [2.05, 4.69) is 5.32 Å². The molecule has 0 bridgehead atoms. The van der Waals surface area contributed by atoms with Crippen molar-refractivity contribution in [3.8, 4) is 0 Å². The summed E-state index contributed by atoms with van der Waals surface area (Å²) in [5, 5.41) is 2.98. The van der Waals surface area contributed by atoms with Crippen LogP contribution in [0.3, 0.4) is 0 Å². The standard InChI is InChI=1S/C14H17ClN2O5S/c1-14(4-5-23(20,21)8-14)17-12(18)7-22-13(19)10-3-2-9(15)6-11(10)16/h2-3,6H,4-5,7-8,16H2,1H3,(H,17,18)/t14-/m1/s1. The summed E-state index contributed by atoms with van der Waals surface area (Å²) in [6.07, 6.45) is 0.332. The smallest absolute Gasteiger partial charge is 0.340 e. The molecular weight excluding hydrogens is 344 g/mol. The van der Waals surface area contributed by atoms with Crippen molar-refractivity contribution in [1.29, 1.82) is 0 Å². The quantitative estimate of drug-likeness (QED) is 0.605. The van der Waals surface area contributed by atoms with Gasteiger partial charge in [0.25, 0.3) is 5.91 Å². The average Bonchev–Trinajstić information content (AvgIpc) is 2.69. The molecular formula is C14H17ClN2O5S. The van der Waals surface area contributed by atoms with Gasteiger partial charge in [-0.1, -0.05) is 11.6 Å². The number of hydrogen-bond donors (Lipinski definition) is 2. The van der Waals surface area contributed by atoms with Crippen molar-refractivity contribution < 1.29 is 22.7 Å². The van der Waals surface area contributed by atoms with E-state index in [0.717, 1.165) is 0 Å². The number of ether oxygens (including phenoxy) is 1. The Kier molecular flexibility index (Phi) is 4.86. The van der Waals surface area contributed by atoms with Gasteiger partial charge < -0.3 is 15.8 Å². The number of nitrogen functional groups attached to an aromatic ring is 1. The van der Waals surface area contributed by atoms with Crippen LogP contribution < -0.4 is 11.1 Å². The highest BCUT2D eigenvalue weighted by Gasteiger charge is 2.39. The first-order chi connectivity index (χ1) is 10.6. The number of rotatable bonds is 4. The first-order valence-electron chi connectivity index (χ1n) is 6.84. The monoisotopic (exact) mass is 360 g/mol. The van der Waals surface area contributed by atoms with Crippen LogP contribution in [0, 0.1) is 0 Å². The number of halogens is 1. The minimum absolute atomic E-state index is 0.0326. The van der Waals surface area contributed by atoms with E-state index in [0.29, 0.717) is 11.4 Å². The summed E-state index contributed by atoms with van der Waals surface area (Å²) in [4.78, 5) is 23.7. The van der Waals surface area contributed by atoms with Crippen LogP contribution in [0.15, 0.2) is 18.2 Å². The van der Waals surface area contributed by atoms with E-state index in [1.165, 1.54) is 18.2 Å². The summed E-state index contributed by atoms with van der Waals surface area (Å²) in [6, 6.07) is 4.30. The van der Waals surface area contributed by atoms with Crippen LogP contribution in [-0.4, -0.2) is 43.9 Å². The molecule has 0 aromatic heterocycles. The number of amides is 1. The highest BCUT2D eigenvalue weighted by atomic mass is 35.5. The first kappa shape index (κ1) is 17.6. The normalized spacial score (nSPS) is 22.5. The predicted octanol–water partition coefficient (Wildman–Crippen LogP) is 0.772. The highest BCUT2D eigenvalue weighted by molar-refractivity contribution is 7.91. The molecule has 1 fully saturated rings. The Morgan fingerprint density at radius 1 is 1.43 bits per heavy atom. The molecule has 1 saturated heterocycles. The van der Waals surface area contributed by atoms with Crippen LogP contribution in [0.25, 0.3) is 0 Å². The van der Waals surface area contributed by atoms with E-state index in [-0.39, 0.29) is 22.8 Å². The van der Waals surface area contributed by atoms with Gasteiger partial charge in [0, 0.05) is 10.7 Å². The van der Waals surface area contributed by atoms with E-state index < -0.39 is 33.9 Å². The van der Waals surface area contributed by atoms with E-state index in [4.69, 9.17) is 22.1 Å². The molecule has 1 aromatic carbocycles. The molecule has 1 atom stereocenters. The second kappa shape index (κ2) is 6.37. The molecule has 0 unspecified atom stereocenters. The van der Waals surface area contributed by atoms with E-state index in [1.54, 1.807) is 6.92 Å². The van der Waals surface area contributed by atoms with Crippen molar-refractivity contribution in [2.75, 3.05) is 23.8 Å². The second-order valence-corrected chi connectivity index (χ2v) is 8.38. The number of carbonyl (C=O) groups excluding carboxylic acids is 2. The van der Waals surface area contributed by atoms with Crippen molar-refractivity contribution in [2.24, 2.45) is 0 Å². The molecule has 0 radical (unpaired) electrons. The molecule has 1 aliphatic rings. The number of nitrogens with two attached hydrogens (primary N) is 1. The van der Waals surface area contributed by atoms with Crippen molar-refractivity contribution in [2.45, 2.75) is 18.9 Å². The van der Waals surface area contributed by atoms with Crippen molar-refractivity contribution in [3.63, 3.8) is 0 Å². The van der Waals surface area contributed by atoms with Gasteiger partial charge >= 0.3 is 5.97 Å². The van der Waals surface area contributed by atoms with Crippen molar-refractivity contribution >= 4 is 39.0 Å². The van der Waals surface area contributed by atoms with E-state index in [9.17, 15) is 18.0 Å². The minimum atomic E-state index is -3.14. The van der Waals surface area contributed by atoms with Gasteiger partial charge in [0.05, 0.1) is 22.6 Å². The predicted molar refractivity (Wildman–Crippen MR) is 86.0 cm³/mol. The summed E-state index contributed by atoms with van der Waals surface area (Å²) in [5.41, 5.74) is 5.09. The third-order valence-corrected chi connectivity index (χ3v) is 5.65. The Morgan fingerprint density at radius 3 is 2.70 bits per heavy atom. The minimum Gasteiger partial charge on any atom is -0.452 e. The van der Waals surface area contributed by atoms with Crippen molar-refractivity contribution in [3.05, 3.63) is 28.8 Å². The van der Waals surface area contributed by atoms with Gasteiger partial charge in [0.2, 0.25) is 0 Å². The maximum atomic E-state index is 11.9. The zero-order valence-corrected chi connectivity index (χ0v) is 14.0. The van der Waals surface area contributed by atoms with Gasteiger partial charge in [-0.2, -0.15) is 0 Å². The topological polar surface area (TPSA) is 116 Å². The van der Waals surface area contributed by atoms with Crippen LogP contribution in [0.4, 0.5) is 5.69 Å². The van der Waals surface area contributed by atoms with Gasteiger partial charge in [-0.05, 0) is 31.5 Å². The Morgan fingerprint density at radius 2 is 2.13 bits per heavy atom. The molecule has 7 nitrogen and oxygen atoms in total. The number of nitrogens with one attached hydrogen (secondary N) is 1. The molecule has 1 aliphatic heterocycles. The van der Waals surface area contributed by atoms with E-state index >= 15 is 0 Å². The number of carbonyl (C=O) groups is 2. The van der Waals surface area contributed by atoms with Gasteiger partial charge in [-0.3, -0.25) is 4.79 Å². The molecule has 126 valence electrons. The molecule has 1 amide bonds. The zero-order valence-electron chi connectivity index (χ0n) is 12.5. The van der Waals surface area contributed by atoms with Crippen LogP contribution in [0.1, 0.15) is 23.7 Å². The van der Waals surface area contributed by atoms with Crippen LogP contribution in [0.2, 0.25) is 5.02 Å². The maximum Gasteiger partial charge on any atom is 0.340 e. The van der Waals surface area contributed by atoms with Crippen LogP contribution in [0.5, 0.6) is 0 Å². The Hall–Kier alpha value is -1.80. The Bertz CT molecular complexity index is 750. The third kappa shape index (κ3) is 4.59. The Balaban J connectivity index is 1.90. The molecule has 0 spiro atoms. The lowest BCUT2D eigenvalue weighted by Gasteiger charge is -2.23. The number of benzene rings is 1. The molecule has 3 N–H and O–H groups in total. The molecule has 2 rings (SSSR count). The largest absolute Gasteiger partial charge is 0.452 e. The SMILES string of the molecule is C[C@@]1(NC(=O)COC(=O)c2ccc(Cl)cc2N)CCS(=O)(=O)C1. The third-order valence-electron chi connectivity index (χ3n) is 3.51. The van der Waals surface area contributed by atoms with Crippen LogP contribution in [-0.2, 0) is 19.4 Å². The van der Waals surface area contributed by atoms with E-state index in [1.807, 2.05) is 0 Å². The van der Waals surface area contributed by atoms with Crippen molar-refractivity contribution in [1.82, 2.24) is 5.32 Å². The lowest BCUT2D eigenvalue weighted by atomic mass is 10.0. The number of sulfone groups is 1. The average molecular weight is 361 g/mol. The molecule has 1 heterocycles. The second-order valence-electron chi connectivity index (χ2n) is 5.76. The number of esters is 1. The lowest BCUT2D eigenvalue weighted by Crippen LogP contribution is -2.48. The number of hydrogen-bond acceptors (Lipinski definition) is 6. The Labute approximate surface area is 139 Å². The summed E-state index contributed by atoms with van der Waals surface area (Å²) in [5.74, 6) is -1.40. The molecule has 0 saturated carbocycles. The zero-order chi connectivity index (χ0) is 17.3. The molecule has 23 heavy (non-hydrogen) atoms. The fourth-order valence-electron chi connectivity index (χ4n) is 2.41.